The summed E-state index contributed by atoms with van der Waals surface area (Å²) in [6.07, 6.45) is 1.80. The molecule has 3 rings (SSSR count). The fraction of sp³-hybridized carbons (Fsp3) is 0.615. The van der Waals surface area contributed by atoms with Gasteiger partial charge in [-0.15, -0.1) is 0 Å². The van der Waals surface area contributed by atoms with Gasteiger partial charge in [0.2, 0.25) is 5.95 Å². The van der Waals surface area contributed by atoms with Crippen LogP contribution >= 0.6 is 0 Å². The number of nitrogens with two attached hydrogens (primary N) is 2. The Balaban J connectivity index is 2.00. The Labute approximate surface area is 126 Å². The van der Waals surface area contributed by atoms with Gasteiger partial charge in [0.05, 0.1) is 18.5 Å². The van der Waals surface area contributed by atoms with Crippen LogP contribution in [0.4, 0.5) is 11.8 Å². The predicted octanol–water partition coefficient (Wildman–Crippen LogP) is -1.10. The number of hydrogen-bond acceptors (Lipinski definition) is 8. The molecule has 9 heteroatoms. The Hall–Kier alpha value is -1.97. The summed E-state index contributed by atoms with van der Waals surface area (Å²) in [6.45, 7) is -0.0952. The maximum Gasteiger partial charge on any atom is 0.224 e. The quantitative estimate of drug-likeness (QED) is 0.478. The normalized spacial score (nSPS) is 29.0. The first-order valence-corrected chi connectivity index (χ1v) is 7.20. The van der Waals surface area contributed by atoms with Crippen molar-refractivity contribution < 1.29 is 15.3 Å². The Morgan fingerprint density at radius 1 is 1.14 bits per heavy atom. The molecule has 7 N–H and O–H groups in total. The lowest BCUT2D eigenvalue weighted by atomic mass is 9.76. The van der Waals surface area contributed by atoms with E-state index in [0.29, 0.717) is 24.0 Å². The molecule has 0 aliphatic heterocycles. The molecule has 4 atom stereocenters. The summed E-state index contributed by atoms with van der Waals surface area (Å²) in [4.78, 5) is 12.2. The van der Waals surface area contributed by atoms with E-state index in [9.17, 15) is 15.3 Å². The van der Waals surface area contributed by atoms with Crippen molar-refractivity contribution in [1.82, 2.24) is 19.5 Å². The predicted molar refractivity (Wildman–Crippen MR) is 79.6 cm³/mol. The van der Waals surface area contributed by atoms with E-state index < -0.39 is 6.10 Å². The smallest absolute Gasteiger partial charge is 0.224 e. The molecule has 0 aromatic carbocycles. The standard InChI is InChI=1S/C13H20N6O3/c14-11-10-12(18-13(15)17-11)19(5-16-10)8-1-6(3-20)7(4-21)2-9(8)22/h5-9,20-22H,1-4H2,(H4,14,15,17,18). The Morgan fingerprint density at radius 2 is 1.82 bits per heavy atom. The molecule has 1 saturated carbocycles. The zero-order valence-electron chi connectivity index (χ0n) is 12.0. The molecule has 1 aliphatic rings. The summed E-state index contributed by atoms with van der Waals surface area (Å²) >= 11 is 0. The molecule has 0 spiro atoms. The van der Waals surface area contributed by atoms with E-state index in [4.69, 9.17) is 11.5 Å². The third kappa shape index (κ3) is 2.36. The Bertz CT molecular complexity index is 675. The number of nitrogens with zero attached hydrogens (tertiary/aromatic N) is 4. The Kier molecular flexibility index (Phi) is 3.85. The van der Waals surface area contributed by atoms with Crippen LogP contribution < -0.4 is 11.5 Å². The summed E-state index contributed by atoms with van der Waals surface area (Å²) in [5.41, 5.74) is 12.3. The molecule has 0 saturated heterocycles. The molecule has 0 bridgehead atoms. The van der Waals surface area contributed by atoms with E-state index in [1.807, 2.05) is 0 Å². The lowest BCUT2D eigenvalue weighted by Gasteiger charge is -2.38. The highest BCUT2D eigenvalue weighted by Crippen LogP contribution is 2.38. The minimum Gasteiger partial charge on any atom is -0.396 e. The SMILES string of the molecule is Nc1nc(N)c2ncn(C3CC(CO)C(CO)CC3O)c2n1. The van der Waals surface area contributed by atoms with Crippen molar-refractivity contribution in [3.8, 4) is 0 Å². The first-order valence-electron chi connectivity index (χ1n) is 7.20. The largest absolute Gasteiger partial charge is 0.396 e. The molecular weight excluding hydrogens is 288 g/mol. The molecule has 9 nitrogen and oxygen atoms in total. The van der Waals surface area contributed by atoms with Gasteiger partial charge < -0.3 is 31.4 Å². The van der Waals surface area contributed by atoms with Gasteiger partial charge in [-0.2, -0.15) is 9.97 Å². The van der Waals surface area contributed by atoms with Gasteiger partial charge in [-0.25, -0.2) is 4.98 Å². The monoisotopic (exact) mass is 308 g/mol. The number of aliphatic hydroxyl groups is 3. The van der Waals surface area contributed by atoms with Crippen molar-refractivity contribution in [3.05, 3.63) is 6.33 Å². The first-order chi connectivity index (χ1) is 10.5. The van der Waals surface area contributed by atoms with Gasteiger partial charge in [0.15, 0.2) is 11.5 Å². The van der Waals surface area contributed by atoms with Gasteiger partial charge in [0.25, 0.3) is 0 Å². The molecule has 2 aromatic heterocycles. The average molecular weight is 308 g/mol. The van der Waals surface area contributed by atoms with E-state index in [1.54, 1.807) is 10.9 Å². The number of nitrogen functional groups attached to an aromatic ring is 2. The van der Waals surface area contributed by atoms with E-state index in [1.165, 1.54) is 0 Å². The lowest BCUT2D eigenvalue weighted by Crippen LogP contribution is -2.39. The number of aliphatic hydroxyl groups excluding tert-OH is 3. The van der Waals surface area contributed by atoms with Crippen LogP contribution in [0.3, 0.4) is 0 Å². The molecular formula is C13H20N6O3. The van der Waals surface area contributed by atoms with Gasteiger partial charge in [-0.3, -0.25) is 0 Å². The van der Waals surface area contributed by atoms with Crippen LogP contribution in [0.15, 0.2) is 6.33 Å². The zero-order valence-corrected chi connectivity index (χ0v) is 12.0. The number of fused-ring (bicyclic) bond motifs is 1. The van der Waals surface area contributed by atoms with Gasteiger partial charge in [-0.05, 0) is 24.7 Å². The minimum atomic E-state index is -0.672. The molecule has 0 radical (unpaired) electrons. The number of rotatable bonds is 3. The summed E-state index contributed by atoms with van der Waals surface area (Å²) in [5, 5.41) is 29.3. The van der Waals surface area contributed by atoms with E-state index >= 15 is 0 Å². The van der Waals surface area contributed by atoms with Crippen molar-refractivity contribution in [2.45, 2.75) is 25.0 Å². The van der Waals surface area contributed by atoms with Crippen LogP contribution in [-0.2, 0) is 0 Å². The zero-order chi connectivity index (χ0) is 15.9. The molecule has 1 aliphatic carbocycles. The number of aromatic nitrogens is 4. The van der Waals surface area contributed by atoms with E-state index in [-0.39, 0.29) is 42.9 Å². The van der Waals surface area contributed by atoms with Crippen molar-refractivity contribution in [2.24, 2.45) is 11.8 Å². The number of imidazole rings is 1. The van der Waals surface area contributed by atoms with Crippen molar-refractivity contribution in [1.29, 1.82) is 0 Å². The topological polar surface area (TPSA) is 156 Å². The summed E-state index contributed by atoms with van der Waals surface area (Å²) < 4.78 is 1.73. The average Bonchev–Trinajstić information content (AvgIpc) is 2.90. The van der Waals surface area contributed by atoms with Gasteiger partial charge in [0.1, 0.15) is 5.52 Å². The highest BCUT2D eigenvalue weighted by atomic mass is 16.3. The molecule has 4 unspecified atom stereocenters. The van der Waals surface area contributed by atoms with Crippen LogP contribution in [0.5, 0.6) is 0 Å². The molecule has 2 heterocycles. The second-order valence-corrected chi connectivity index (χ2v) is 5.78. The molecule has 120 valence electrons. The van der Waals surface area contributed by atoms with Crippen molar-refractivity contribution in [3.63, 3.8) is 0 Å². The summed E-state index contributed by atoms with van der Waals surface area (Å²) in [6, 6.07) is -0.307. The van der Waals surface area contributed by atoms with Crippen LogP contribution in [0, 0.1) is 11.8 Å². The second kappa shape index (κ2) is 5.67. The second-order valence-electron chi connectivity index (χ2n) is 5.78. The third-order valence-electron chi connectivity index (χ3n) is 4.49. The highest BCUT2D eigenvalue weighted by Gasteiger charge is 2.37. The van der Waals surface area contributed by atoms with Crippen molar-refractivity contribution in [2.75, 3.05) is 24.7 Å². The fourth-order valence-electron chi connectivity index (χ4n) is 3.26. The van der Waals surface area contributed by atoms with Crippen LogP contribution in [0.2, 0.25) is 0 Å². The highest BCUT2D eigenvalue weighted by molar-refractivity contribution is 5.82. The van der Waals surface area contributed by atoms with Gasteiger partial charge in [-0.1, -0.05) is 0 Å². The van der Waals surface area contributed by atoms with Gasteiger partial charge >= 0.3 is 0 Å². The van der Waals surface area contributed by atoms with Crippen molar-refractivity contribution >= 4 is 22.9 Å². The fourth-order valence-corrected chi connectivity index (χ4v) is 3.26. The Morgan fingerprint density at radius 3 is 2.50 bits per heavy atom. The molecule has 2 aromatic rings. The molecule has 22 heavy (non-hydrogen) atoms. The summed E-state index contributed by atoms with van der Waals surface area (Å²) in [7, 11) is 0. The third-order valence-corrected chi connectivity index (χ3v) is 4.49. The van der Waals surface area contributed by atoms with Crippen LogP contribution in [0.25, 0.3) is 11.2 Å². The maximum atomic E-state index is 10.4. The molecule has 1 fully saturated rings. The van der Waals surface area contributed by atoms with Gasteiger partial charge in [0, 0.05) is 13.2 Å². The number of anilines is 2. The van der Waals surface area contributed by atoms with E-state index in [0.717, 1.165) is 0 Å². The van der Waals surface area contributed by atoms with E-state index in [2.05, 4.69) is 15.0 Å². The maximum absolute atomic E-state index is 10.4. The molecule has 0 amide bonds. The number of hydrogen-bond donors (Lipinski definition) is 5. The van der Waals surface area contributed by atoms with Crippen LogP contribution in [-0.4, -0.2) is 54.2 Å². The minimum absolute atomic E-state index is 0.0413. The summed E-state index contributed by atoms with van der Waals surface area (Å²) in [5.74, 6) is 0.0330. The lowest BCUT2D eigenvalue weighted by molar-refractivity contribution is -0.0139. The van der Waals surface area contributed by atoms with Crippen LogP contribution in [0.1, 0.15) is 18.9 Å². The first kappa shape index (κ1) is 14.9.